The summed E-state index contributed by atoms with van der Waals surface area (Å²) in [7, 11) is 0. The van der Waals surface area contributed by atoms with E-state index in [9.17, 15) is 5.11 Å². The molecule has 0 bridgehead atoms. The van der Waals surface area contributed by atoms with Gasteiger partial charge in [-0.1, -0.05) is 43.6 Å². The lowest BCUT2D eigenvalue weighted by Gasteiger charge is -2.61. The number of aliphatic hydroxyl groups excluding tert-OH is 1. The molecule has 0 aromatic heterocycles. The summed E-state index contributed by atoms with van der Waals surface area (Å²) >= 11 is 4.08. The van der Waals surface area contributed by atoms with Gasteiger partial charge in [-0.3, -0.25) is 0 Å². The van der Waals surface area contributed by atoms with Crippen LogP contribution < -0.4 is 0 Å². The van der Waals surface area contributed by atoms with Gasteiger partial charge in [-0.25, -0.2) is 0 Å². The highest BCUT2D eigenvalue weighted by Gasteiger charge is 2.61. The molecule has 0 aromatic carbocycles. The molecule has 4 rings (SSSR count). The normalized spacial score (nSPS) is 62.3. The number of hydrogen-bond donors (Lipinski definition) is 1. The van der Waals surface area contributed by atoms with Crippen LogP contribution in [0.4, 0.5) is 0 Å². The Hall–Kier alpha value is 0.440. The van der Waals surface area contributed by atoms with Crippen LogP contribution in [0.25, 0.3) is 0 Å². The minimum atomic E-state index is -0.0604. The van der Waals surface area contributed by atoms with Crippen molar-refractivity contribution in [2.45, 2.75) is 83.6 Å². The van der Waals surface area contributed by atoms with Crippen LogP contribution in [0, 0.1) is 46.3 Å². The van der Waals surface area contributed by atoms with Crippen molar-refractivity contribution in [2.75, 3.05) is 0 Å². The lowest BCUT2D eigenvalue weighted by atomic mass is 9.44. The molecule has 1 N–H and O–H groups in total. The quantitative estimate of drug-likeness (QED) is 0.536. The zero-order valence-electron chi connectivity index (χ0n) is 15.4. The molecule has 132 valence electrons. The molecule has 0 radical (unpaired) electrons. The maximum absolute atomic E-state index is 10.6. The fraction of sp³-hybridized carbons (Fsp3) is 1.00. The summed E-state index contributed by atoms with van der Waals surface area (Å²) < 4.78 is 0. The Morgan fingerprint density at radius 1 is 0.913 bits per heavy atom. The topological polar surface area (TPSA) is 20.2 Å². The molecule has 0 spiro atoms. The van der Waals surface area contributed by atoms with E-state index in [1.165, 1.54) is 38.5 Å². The third-order valence-corrected chi connectivity index (χ3v) is 11.2. The van der Waals surface area contributed by atoms with Crippen LogP contribution in [0.15, 0.2) is 0 Å². The van der Waals surface area contributed by atoms with E-state index in [4.69, 9.17) is 0 Å². The van der Waals surface area contributed by atoms with Crippen LogP contribution in [-0.4, -0.2) is 16.0 Å². The summed E-state index contributed by atoms with van der Waals surface area (Å²) in [4.78, 5) is 0.712. The summed E-state index contributed by atoms with van der Waals surface area (Å²) in [5, 5.41) is 10.6. The van der Waals surface area contributed by atoms with E-state index < -0.39 is 0 Å². The summed E-state index contributed by atoms with van der Waals surface area (Å²) in [6.45, 7) is 9.85. The van der Waals surface area contributed by atoms with Gasteiger partial charge in [0.25, 0.3) is 0 Å². The molecular weight excluding hydrogens is 348 g/mol. The molecule has 4 aliphatic carbocycles. The largest absolute Gasteiger partial charge is 0.393 e. The van der Waals surface area contributed by atoms with Gasteiger partial charge in [0.15, 0.2) is 0 Å². The minimum absolute atomic E-state index is 0.0604. The smallest absolute Gasteiger partial charge is 0.0571 e. The third kappa shape index (κ3) is 2.26. The van der Waals surface area contributed by atoms with Crippen molar-refractivity contribution < 1.29 is 5.11 Å². The van der Waals surface area contributed by atoms with Crippen molar-refractivity contribution in [2.24, 2.45) is 46.3 Å². The highest BCUT2D eigenvalue weighted by Crippen LogP contribution is 2.68. The second-order valence-electron chi connectivity index (χ2n) is 10.3. The fourth-order valence-electron chi connectivity index (χ4n) is 7.80. The number of hydrogen-bond acceptors (Lipinski definition) is 1. The molecule has 0 aliphatic heterocycles. The number of alkyl halides is 1. The van der Waals surface area contributed by atoms with E-state index in [1.54, 1.807) is 0 Å². The molecule has 4 aliphatic rings. The van der Waals surface area contributed by atoms with E-state index >= 15 is 0 Å². The Morgan fingerprint density at radius 2 is 1.65 bits per heavy atom. The zero-order chi connectivity index (χ0) is 16.6. The van der Waals surface area contributed by atoms with Crippen LogP contribution in [0.1, 0.15) is 72.6 Å². The first kappa shape index (κ1) is 16.9. The first-order chi connectivity index (χ1) is 10.8. The summed E-state index contributed by atoms with van der Waals surface area (Å²) in [5.74, 6) is 4.90. The first-order valence-corrected chi connectivity index (χ1v) is 11.0. The van der Waals surface area contributed by atoms with Gasteiger partial charge in [0.05, 0.1) is 6.10 Å². The van der Waals surface area contributed by atoms with Gasteiger partial charge < -0.3 is 5.11 Å². The Balaban J connectivity index is 1.64. The Morgan fingerprint density at radius 3 is 2.39 bits per heavy atom. The Bertz CT molecular complexity index is 478. The number of fused-ring (bicyclic) bond motifs is 5. The van der Waals surface area contributed by atoms with Crippen molar-refractivity contribution in [1.82, 2.24) is 0 Å². The Kier molecular flexibility index (Phi) is 4.01. The SMILES string of the molecule is CC1CC2CC[C@@H]3[C@@H](CC[C@]4(C)C(Br)C(C)C[C@@H]34)[C@@]2(C)CC1O. The van der Waals surface area contributed by atoms with Gasteiger partial charge >= 0.3 is 0 Å². The van der Waals surface area contributed by atoms with Crippen molar-refractivity contribution in [3.05, 3.63) is 0 Å². The average molecular weight is 383 g/mol. The van der Waals surface area contributed by atoms with E-state index in [0.29, 0.717) is 21.6 Å². The molecule has 5 unspecified atom stereocenters. The molecule has 2 heteroatoms. The standard InChI is InChI=1S/C21H35BrO/c1-12-9-14-5-6-15-16(21(14,4)11-18(12)23)7-8-20(3)17(15)10-13(2)19(20)22/h12-19,23H,5-11H2,1-4H3/t12?,13?,14?,15-,16-,17+,18?,19?,20+,21+/m1/s1. The summed E-state index contributed by atoms with van der Waals surface area (Å²) in [6, 6.07) is 0. The number of rotatable bonds is 0. The Labute approximate surface area is 151 Å². The van der Waals surface area contributed by atoms with Crippen LogP contribution in [0.2, 0.25) is 0 Å². The van der Waals surface area contributed by atoms with Crippen LogP contribution in [-0.2, 0) is 0 Å². The molecular formula is C21H35BrO. The van der Waals surface area contributed by atoms with Crippen molar-refractivity contribution in [3.63, 3.8) is 0 Å². The van der Waals surface area contributed by atoms with E-state index in [0.717, 1.165) is 36.0 Å². The van der Waals surface area contributed by atoms with E-state index in [-0.39, 0.29) is 6.10 Å². The van der Waals surface area contributed by atoms with E-state index in [2.05, 4.69) is 43.6 Å². The molecule has 4 fully saturated rings. The molecule has 0 aromatic rings. The third-order valence-electron chi connectivity index (χ3n) is 9.22. The molecule has 23 heavy (non-hydrogen) atoms. The summed E-state index contributed by atoms with van der Waals surface area (Å²) in [5.41, 5.74) is 0.925. The second-order valence-corrected chi connectivity index (χ2v) is 11.3. The van der Waals surface area contributed by atoms with Crippen LogP contribution in [0.3, 0.4) is 0 Å². The molecule has 1 nitrogen and oxygen atoms in total. The molecule has 0 heterocycles. The van der Waals surface area contributed by atoms with Gasteiger partial charge in [0.1, 0.15) is 0 Å². The van der Waals surface area contributed by atoms with Crippen molar-refractivity contribution >= 4 is 15.9 Å². The van der Waals surface area contributed by atoms with E-state index in [1.807, 2.05) is 0 Å². The molecule has 0 amide bonds. The van der Waals surface area contributed by atoms with Gasteiger partial charge in [-0.15, -0.1) is 0 Å². The van der Waals surface area contributed by atoms with Gasteiger partial charge in [0, 0.05) is 4.83 Å². The second kappa shape index (κ2) is 5.47. The van der Waals surface area contributed by atoms with Gasteiger partial charge in [0.2, 0.25) is 0 Å². The van der Waals surface area contributed by atoms with Crippen molar-refractivity contribution in [3.8, 4) is 0 Å². The molecule has 10 atom stereocenters. The lowest BCUT2D eigenvalue weighted by Crippen LogP contribution is -2.55. The molecule has 4 saturated carbocycles. The maximum atomic E-state index is 10.6. The highest BCUT2D eigenvalue weighted by atomic mass is 79.9. The zero-order valence-corrected chi connectivity index (χ0v) is 17.0. The highest BCUT2D eigenvalue weighted by molar-refractivity contribution is 9.09. The predicted octanol–water partition coefficient (Wildman–Crippen LogP) is 5.65. The summed E-state index contributed by atoms with van der Waals surface area (Å²) in [6.07, 6.45) is 9.37. The number of halogens is 1. The first-order valence-electron chi connectivity index (χ1n) is 10.1. The lowest BCUT2D eigenvalue weighted by molar-refractivity contribution is -0.137. The minimum Gasteiger partial charge on any atom is -0.393 e. The number of aliphatic hydroxyl groups is 1. The molecule has 0 saturated heterocycles. The monoisotopic (exact) mass is 382 g/mol. The average Bonchev–Trinajstić information content (AvgIpc) is 2.73. The van der Waals surface area contributed by atoms with Gasteiger partial charge in [-0.05, 0) is 91.3 Å². The van der Waals surface area contributed by atoms with Gasteiger partial charge in [-0.2, -0.15) is 0 Å². The van der Waals surface area contributed by atoms with Crippen molar-refractivity contribution in [1.29, 1.82) is 0 Å². The maximum Gasteiger partial charge on any atom is 0.0571 e. The predicted molar refractivity (Wildman–Crippen MR) is 99.5 cm³/mol. The van der Waals surface area contributed by atoms with Crippen LogP contribution in [0.5, 0.6) is 0 Å². The van der Waals surface area contributed by atoms with Crippen LogP contribution >= 0.6 is 15.9 Å². The fourth-order valence-corrected chi connectivity index (χ4v) is 8.59.